The fourth-order valence-electron chi connectivity index (χ4n) is 1.75. The molecule has 1 rings (SSSR count). The Balaban J connectivity index is 2.46. The van der Waals surface area contributed by atoms with Gasteiger partial charge in [0.2, 0.25) is 0 Å². The first-order chi connectivity index (χ1) is 8.26. The summed E-state index contributed by atoms with van der Waals surface area (Å²) in [5.74, 6) is 0.485. The Kier molecular flexibility index (Phi) is 5.81. The summed E-state index contributed by atoms with van der Waals surface area (Å²) in [7, 11) is 2.02. The zero-order valence-corrected chi connectivity index (χ0v) is 10.5. The largest absolute Gasteiger partial charge is 0.365 e. The summed E-state index contributed by atoms with van der Waals surface area (Å²) >= 11 is 0. The summed E-state index contributed by atoms with van der Waals surface area (Å²) in [6.07, 6.45) is 13.6. The van der Waals surface area contributed by atoms with E-state index in [1.165, 1.54) is 0 Å². The van der Waals surface area contributed by atoms with Crippen LogP contribution < -0.4 is 0 Å². The molecule has 90 valence electrons. The number of nitriles is 1. The second kappa shape index (κ2) is 7.45. The van der Waals surface area contributed by atoms with Gasteiger partial charge in [-0.05, 0) is 31.8 Å². The zero-order valence-electron chi connectivity index (χ0n) is 10.5. The fraction of sp³-hybridized carbons (Fsp3) is 0.429. The molecule has 1 atom stereocenters. The minimum Gasteiger partial charge on any atom is -0.365 e. The standard InChI is InChI=1S/C14H19N3/c1-3-9-16-12-17(2)11-14-6-4-5-13(10-15)7-8-14/h3,5,7-9,12,14H,4,6,11H2,1-2H3/b9-3+,16-12?. The van der Waals surface area contributed by atoms with Crippen LogP contribution in [0.2, 0.25) is 0 Å². The van der Waals surface area contributed by atoms with Gasteiger partial charge in [-0.25, -0.2) is 4.99 Å². The summed E-state index contributed by atoms with van der Waals surface area (Å²) in [5, 5.41) is 8.82. The summed E-state index contributed by atoms with van der Waals surface area (Å²) in [6.45, 7) is 2.88. The van der Waals surface area contributed by atoms with Crippen molar-refractivity contribution in [2.45, 2.75) is 19.8 Å². The molecule has 0 amide bonds. The first-order valence-electron chi connectivity index (χ1n) is 5.89. The molecule has 3 heteroatoms. The molecule has 0 bridgehead atoms. The van der Waals surface area contributed by atoms with Crippen LogP contribution in [-0.4, -0.2) is 24.8 Å². The zero-order chi connectivity index (χ0) is 12.5. The normalized spacial score (nSPS) is 20.3. The molecule has 0 aliphatic heterocycles. The molecule has 0 saturated heterocycles. The van der Waals surface area contributed by atoms with Crippen molar-refractivity contribution in [1.82, 2.24) is 4.90 Å². The van der Waals surface area contributed by atoms with Gasteiger partial charge < -0.3 is 4.90 Å². The van der Waals surface area contributed by atoms with E-state index in [1.54, 1.807) is 6.20 Å². The number of hydrogen-bond acceptors (Lipinski definition) is 2. The minimum absolute atomic E-state index is 0.485. The van der Waals surface area contributed by atoms with Gasteiger partial charge in [-0.3, -0.25) is 0 Å². The Morgan fingerprint density at radius 3 is 3.18 bits per heavy atom. The highest BCUT2D eigenvalue weighted by atomic mass is 15.1. The van der Waals surface area contributed by atoms with E-state index in [4.69, 9.17) is 5.26 Å². The summed E-state index contributed by atoms with van der Waals surface area (Å²) in [4.78, 5) is 6.22. The second-order valence-corrected chi connectivity index (χ2v) is 4.15. The molecule has 0 aromatic rings. The quantitative estimate of drug-likeness (QED) is 0.549. The third kappa shape index (κ3) is 5.17. The average molecular weight is 229 g/mol. The average Bonchev–Trinajstić information content (AvgIpc) is 2.54. The molecule has 3 nitrogen and oxygen atoms in total. The van der Waals surface area contributed by atoms with E-state index in [0.29, 0.717) is 5.92 Å². The van der Waals surface area contributed by atoms with Crippen molar-refractivity contribution in [2.24, 2.45) is 10.9 Å². The highest BCUT2D eigenvalue weighted by Gasteiger charge is 2.09. The number of nitrogens with zero attached hydrogens (tertiary/aromatic N) is 3. The van der Waals surface area contributed by atoms with Crippen molar-refractivity contribution < 1.29 is 0 Å². The van der Waals surface area contributed by atoms with Gasteiger partial charge in [0, 0.05) is 25.4 Å². The predicted molar refractivity (Wildman–Crippen MR) is 71.5 cm³/mol. The first-order valence-corrected chi connectivity index (χ1v) is 5.89. The van der Waals surface area contributed by atoms with Crippen LogP contribution in [-0.2, 0) is 0 Å². The maximum atomic E-state index is 8.82. The van der Waals surface area contributed by atoms with Gasteiger partial charge in [0.1, 0.15) is 0 Å². The van der Waals surface area contributed by atoms with E-state index in [0.717, 1.165) is 25.0 Å². The van der Waals surface area contributed by atoms with Crippen molar-refractivity contribution in [3.63, 3.8) is 0 Å². The Morgan fingerprint density at radius 1 is 1.65 bits per heavy atom. The predicted octanol–water partition coefficient (Wildman–Crippen LogP) is 2.90. The molecule has 1 aliphatic carbocycles. The highest BCUT2D eigenvalue weighted by Crippen LogP contribution is 2.16. The van der Waals surface area contributed by atoms with Crippen LogP contribution in [0.3, 0.4) is 0 Å². The summed E-state index contributed by atoms with van der Waals surface area (Å²) in [5.41, 5.74) is 0.776. The molecule has 0 N–H and O–H groups in total. The third-order valence-electron chi connectivity index (χ3n) is 2.60. The van der Waals surface area contributed by atoms with Crippen LogP contribution in [0.1, 0.15) is 19.8 Å². The lowest BCUT2D eigenvalue weighted by Gasteiger charge is -2.18. The van der Waals surface area contributed by atoms with Crippen LogP contribution >= 0.6 is 0 Å². The molecular formula is C14H19N3. The third-order valence-corrected chi connectivity index (χ3v) is 2.60. The van der Waals surface area contributed by atoms with Gasteiger partial charge >= 0.3 is 0 Å². The van der Waals surface area contributed by atoms with Gasteiger partial charge in [0.05, 0.1) is 12.4 Å². The van der Waals surface area contributed by atoms with Crippen LogP contribution in [0.25, 0.3) is 0 Å². The van der Waals surface area contributed by atoms with Gasteiger partial charge in [0.25, 0.3) is 0 Å². The lowest BCUT2D eigenvalue weighted by molar-refractivity contribution is 0.426. The Labute approximate surface area is 103 Å². The number of aliphatic imine (C=N–C) groups is 1. The number of rotatable bonds is 4. The van der Waals surface area contributed by atoms with E-state index >= 15 is 0 Å². The van der Waals surface area contributed by atoms with E-state index in [1.807, 2.05) is 38.5 Å². The van der Waals surface area contributed by atoms with Crippen molar-refractivity contribution in [3.8, 4) is 6.07 Å². The Hall–Kier alpha value is -1.82. The van der Waals surface area contributed by atoms with Crippen LogP contribution in [0, 0.1) is 17.2 Å². The van der Waals surface area contributed by atoms with Crippen molar-refractivity contribution >= 4 is 6.34 Å². The topological polar surface area (TPSA) is 39.4 Å². The van der Waals surface area contributed by atoms with E-state index in [9.17, 15) is 0 Å². The minimum atomic E-state index is 0.485. The fourth-order valence-corrected chi connectivity index (χ4v) is 1.75. The van der Waals surface area contributed by atoms with Crippen molar-refractivity contribution in [1.29, 1.82) is 5.26 Å². The maximum absolute atomic E-state index is 8.82. The summed E-state index contributed by atoms with van der Waals surface area (Å²) < 4.78 is 0. The molecule has 1 unspecified atom stereocenters. The second-order valence-electron chi connectivity index (χ2n) is 4.15. The van der Waals surface area contributed by atoms with Crippen LogP contribution in [0.4, 0.5) is 0 Å². The molecule has 0 aromatic heterocycles. The van der Waals surface area contributed by atoms with Crippen LogP contribution in [0.15, 0.2) is 41.1 Å². The maximum Gasteiger partial charge on any atom is 0.0988 e. The smallest absolute Gasteiger partial charge is 0.0988 e. The monoisotopic (exact) mass is 229 g/mol. The van der Waals surface area contributed by atoms with Gasteiger partial charge in [0.15, 0.2) is 0 Å². The Morgan fingerprint density at radius 2 is 2.47 bits per heavy atom. The van der Waals surface area contributed by atoms with Crippen LogP contribution in [0.5, 0.6) is 0 Å². The number of hydrogen-bond donors (Lipinski definition) is 0. The lowest BCUT2D eigenvalue weighted by atomic mass is 10.0. The van der Waals surface area contributed by atoms with Gasteiger partial charge in [-0.2, -0.15) is 5.26 Å². The molecule has 0 fully saturated rings. The van der Waals surface area contributed by atoms with E-state index in [-0.39, 0.29) is 0 Å². The molecular weight excluding hydrogens is 210 g/mol. The van der Waals surface area contributed by atoms with E-state index in [2.05, 4.69) is 22.0 Å². The van der Waals surface area contributed by atoms with Gasteiger partial charge in [-0.1, -0.05) is 18.2 Å². The SMILES string of the molecule is C/C=C/N=CN(C)CC1C=CC(C#N)=CCC1. The Bertz CT molecular complexity index is 383. The molecule has 17 heavy (non-hydrogen) atoms. The summed E-state index contributed by atoms with van der Waals surface area (Å²) in [6, 6.07) is 2.18. The highest BCUT2D eigenvalue weighted by molar-refractivity contribution is 5.55. The number of allylic oxidation sites excluding steroid dienone is 4. The van der Waals surface area contributed by atoms with Crippen molar-refractivity contribution in [3.05, 3.63) is 36.1 Å². The molecule has 1 aliphatic rings. The first kappa shape index (κ1) is 13.2. The lowest BCUT2D eigenvalue weighted by Crippen LogP contribution is -2.23. The molecule has 0 spiro atoms. The molecule has 0 heterocycles. The van der Waals surface area contributed by atoms with Gasteiger partial charge in [-0.15, -0.1) is 0 Å². The molecule has 0 saturated carbocycles. The van der Waals surface area contributed by atoms with E-state index < -0.39 is 0 Å². The van der Waals surface area contributed by atoms with Crippen molar-refractivity contribution in [2.75, 3.05) is 13.6 Å². The molecule has 0 radical (unpaired) electrons. The molecule has 0 aromatic carbocycles.